The minimum Gasteiger partial charge on any atom is -0.100 e. The van der Waals surface area contributed by atoms with Crippen molar-refractivity contribution in [3.63, 3.8) is 0 Å². The molecule has 56 valence electrons. The van der Waals surface area contributed by atoms with Gasteiger partial charge < -0.3 is 0 Å². The summed E-state index contributed by atoms with van der Waals surface area (Å²) in [6.45, 7) is 9.48. The summed E-state index contributed by atoms with van der Waals surface area (Å²) < 4.78 is 0. The Labute approximate surface area is 64.0 Å². The van der Waals surface area contributed by atoms with Crippen molar-refractivity contribution in [2.24, 2.45) is 0 Å². The minimum absolute atomic E-state index is 1.14. The highest BCUT2D eigenvalue weighted by molar-refractivity contribution is 4.97. The molecule has 0 nitrogen and oxygen atoms in total. The second-order valence-electron chi connectivity index (χ2n) is 2.51. The molecule has 0 saturated carbocycles. The third-order valence-electron chi connectivity index (χ3n) is 1.25. The van der Waals surface area contributed by atoms with Gasteiger partial charge in [-0.1, -0.05) is 30.4 Å². The van der Waals surface area contributed by atoms with Crippen LogP contribution in [-0.2, 0) is 0 Å². The molecule has 0 rings (SSSR count). The van der Waals surface area contributed by atoms with Gasteiger partial charge in [-0.15, -0.1) is 6.58 Å². The number of hydrogen-bond acceptors (Lipinski definition) is 0. The summed E-state index contributed by atoms with van der Waals surface area (Å²) in [5.74, 6) is 0. The first kappa shape index (κ1) is 9.22. The van der Waals surface area contributed by atoms with Gasteiger partial charge in [-0.05, 0) is 26.2 Å². The molecule has 0 saturated heterocycles. The minimum atomic E-state index is 1.14. The highest BCUT2D eigenvalue weighted by Gasteiger charge is 1.83. The molecule has 0 unspecified atom stereocenters. The Kier molecular flexibility index (Phi) is 5.85. The predicted molar refractivity (Wildman–Crippen MR) is 48.0 cm³/mol. The Morgan fingerprint density at radius 2 is 2.20 bits per heavy atom. The molecule has 0 aromatic heterocycles. The van der Waals surface area contributed by atoms with Gasteiger partial charge >= 0.3 is 0 Å². The van der Waals surface area contributed by atoms with E-state index in [-0.39, 0.29) is 0 Å². The monoisotopic (exact) mass is 136 g/mol. The quantitative estimate of drug-likeness (QED) is 0.308. The molecule has 0 atom stereocenters. The van der Waals surface area contributed by atoms with E-state index in [1.54, 1.807) is 6.08 Å². The summed E-state index contributed by atoms with van der Waals surface area (Å²) in [7, 11) is 0. The van der Waals surface area contributed by atoms with Gasteiger partial charge in [0.2, 0.25) is 0 Å². The summed E-state index contributed by atoms with van der Waals surface area (Å²) in [5.41, 5.74) is 1.27. The van der Waals surface area contributed by atoms with Gasteiger partial charge in [-0.25, -0.2) is 0 Å². The van der Waals surface area contributed by atoms with Crippen LogP contribution in [0.5, 0.6) is 0 Å². The van der Waals surface area contributed by atoms with Crippen LogP contribution in [0.15, 0.2) is 37.0 Å². The molecule has 10 heavy (non-hydrogen) atoms. The molecule has 0 aromatic carbocycles. The molecular weight excluding hydrogens is 120 g/mol. The summed E-state index contributed by atoms with van der Waals surface area (Å²) in [5, 5.41) is 0. The van der Waals surface area contributed by atoms with Gasteiger partial charge in [0.1, 0.15) is 0 Å². The Bertz CT molecular complexity index is 129. The van der Waals surface area contributed by atoms with Gasteiger partial charge in [0.25, 0.3) is 0 Å². The third kappa shape index (κ3) is 7.22. The van der Waals surface area contributed by atoms with Gasteiger partial charge in [-0.2, -0.15) is 0 Å². The number of rotatable bonds is 5. The molecule has 0 aliphatic heterocycles. The molecule has 0 heterocycles. The second-order valence-corrected chi connectivity index (χ2v) is 2.51. The molecule has 0 aliphatic rings. The molecule has 0 aromatic rings. The lowest BCUT2D eigenvalue weighted by Gasteiger charge is -1.93. The van der Waals surface area contributed by atoms with E-state index in [0.29, 0.717) is 0 Å². The normalized spacial score (nSPS) is 10.1. The fourth-order valence-electron chi connectivity index (χ4n) is 0.714. The van der Waals surface area contributed by atoms with Gasteiger partial charge in [0.05, 0.1) is 0 Å². The van der Waals surface area contributed by atoms with Crippen molar-refractivity contribution >= 4 is 0 Å². The van der Waals surface area contributed by atoms with Crippen molar-refractivity contribution in [3.05, 3.63) is 37.0 Å². The van der Waals surface area contributed by atoms with Crippen molar-refractivity contribution in [3.8, 4) is 0 Å². The third-order valence-corrected chi connectivity index (χ3v) is 1.25. The summed E-state index contributed by atoms with van der Waals surface area (Å²) >= 11 is 0. The SMILES string of the molecule is C=CC=CCCCC(=C)C. The average Bonchev–Trinajstić information content (AvgIpc) is 1.87. The van der Waals surface area contributed by atoms with E-state index in [9.17, 15) is 0 Å². The van der Waals surface area contributed by atoms with Crippen LogP contribution >= 0.6 is 0 Å². The van der Waals surface area contributed by atoms with Crippen LogP contribution in [-0.4, -0.2) is 0 Å². The summed E-state index contributed by atoms with van der Waals surface area (Å²) in [6.07, 6.45) is 9.41. The smallest absolute Gasteiger partial charge is 0.0323 e. The van der Waals surface area contributed by atoms with E-state index in [1.165, 1.54) is 12.0 Å². The molecule has 0 N–H and O–H groups in total. The maximum atomic E-state index is 3.83. The van der Waals surface area contributed by atoms with Crippen LogP contribution in [0.3, 0.4) is 0 Å². The van der Waals surface area contributed by atoms with E-state index >= 15 is 0 Å². The first-order valence-electron chi connectivity index (χ1n) is 3.69. The highest BCUT2D eigenvalue weighted by atomic mass is 13.9. The van der Waals surface area contributed by atoms with Crippen molar-refractivity contribution in [1.82, 2.24) is 0 Å². The Morgan fingerprint density at radius 1 is 1.50 bits per heavy atom. The first-order chi connectivity index (χ1) is 4.77. The van der Waals surface area contributed by atoms with E-state index in [1.807, 2.05) is 6.08 Å². The maximum Gasteiger partial charge on any atom is -0.0323 e. The maximum absolute atomic E-state index is 3.83. The van der Waals surface area contributed by atoms with Crippen LogP contribution in [0.1, 0.15) is 26.2 Å². The van der Waals surface area contributed by atoms with Crippen LogP contribution in [0.25, 0.3) is 0 Å². The van der Waals surface area contributed by atoms with E-state index in [0.717, 1.165) is 12.8 Å². The number of hydrogen-bond donors (Lipinski definition) is 0. The van der Waals surface area contributed by atoms with Crippen LogP contribution in [0.4, 0.5) is 0 Å². The van der Waals surface area contributed by atoms with Crippen LogP contribution in [0.2, 0.25) is 0 Å². The van der Waals surface area contributed by atoms with E-state index < -0.39 is 0 Å². The molecule has 0 bridgehead atoms. The molecule has 0 aliphatic carbocycles. The summed E-state index contributed by atoms with van der Waals surface area (Å²) in [4.78, 5) is 0. The van der Waals surface area contributed by atoms with Crippen molar-refractivity contribution < 1.29 is 0 Å². The fourth-order valence-corrected chi connectivity index (χ4v) is 0.714. The van der Waals surface area contributed by atoms with Gasteiger partial charge in [0, 0.05) is 0 Å². The second kappa shape index (κ2) is 6.34. The van der Waals surface area contributed by atoms with E-state index in [2.05, 4.69) is 26.2 Å². The molecule has 0 fully saturated rings. The van der Waals surface area contributed by atoms with Crippen molar-refractivity contribution in [2.45, 2.75) is 26.2 Å². The van der Waals surface area contributed by atoms with E-state index in [4.69, 9.17) is 0 Å². The molecule has 0 amide bonds. The van der Waals surface area contributed by atoms with Crippen molar-refractivity contribution in [2.75, 3.05) is 0 Å². The Balaban J connectivity index is 3.12. The standard InChI is InChI=1S/C10H16/c1-4-5-6-7-8-9-10(2)3/h4-6H,1-2,7-9H2,3H3. The average molecular weight is 136 g/mol. The first-order valence-corrected chi connectivity index (χ1v) is 3.69. The zero-order chi connectivity index (χ0) is 7.82. The fraction of sp³-hybridized carbons (Fsp3) is 0.400. The van der Waals surface area contributed by atoms with Gasteiger partial charge in [0.15, 0.2) is 0 Å². The topological polar surface area (TPSA) is 0 Å². The number of allylic oxidation sites excluding steroid dienone is 4. The molecular formula is C10H16. The lowest BCUT2D eigenvalue weighted by molar-refractivity contribution is 0.835. The molecule has 0 spiro atoms. The largest absolute Gasteiger partial charge is 0.100 e. The van der Waals surface area contributed by atoms with Crippen LogP contribution in [0, 0.1) is 0 Å². The Morgan fingerprint density at radius 3 is 2.70 bits per heavy atom. The molecule has 0 radical (unpaired) electrons. The number of unbranched alkanes of at least 4 members (excludes halogenated alkanes) is 1. The zero-order valence-corrected chi connectivity index (χ0v) is 6.77. The van der Waals surface area contributed by atoms with Gasteiger partial charge in [-0.3, -0.25) is 0 Å². The molecule has 0 heteroatoms. The summed E-state index contributed by atoms with van der Waals surface area (Å²) in [6, 6.07) is 0. The van der Waals surface area contributed by atoms with Crippen LogP contribution < -0.4 is 0 Å². The highest BCUT2D eigenvalue weighted by Crippen LogP contribution is 2.03. The lowest BCUT2D eigenvalue weighted by Crippen LogP contribution is -1.73. The lowest BCUT2D eigenvalue weighted by atomic mass is 10.1. The zero-order valence-electron chi connectivity index (χ0n) is 6.77. The predicted octanol–water partition coefficient (Wildman–Crippen LogP) is 3.48. The Hall–Kier alpha value is -0.780. The van der Waals surface area contributed by atoms with Crippen molar-refractivity contribution in [1.29, 1.82) is 0 Å².